The van der Waals surface area contributed by atoms with Crippen molar-refractivity contribution in [2.75, 3.05) is 6.54 Å². The van der Waals surface area contributed by atoms with Gasteiger partial charge in [0.05, 0.1) is 5.52 Å². The Labute approximate surface area is 189 Å². The Hall–Kier alpha value is -2.54. The molecule has 1 aromatic carbocycles. The van der Waals surface area contributed by atoms with E-state index < -0.39 is 17.2 Å². The molecule has 3 aromatic rings. The van der Waals surface area contributed by atoms with Gasteiger partial charge in [-0.05, 0) is 30.5 Å². The van der Waals surface area contributed by atoms with Gasteiger partial charge in [-0.2, -0.15) is 13.2 Å². The zero-order valence-corrected chi connectivity index (χ0v) is 18.4. The number of allylic oxidation sites excluding steroid dienone is 1. The second kappa shape index (κ2) is 8.43. The Kier molecular flexibility index (Phi) is 5.61. The van der Waals surface area contributed by atoms with Crippen LogP contribution in [0, 0.1) is 0 Å². The van der Waals surface area contributed by atoms with Gasteiger partial charge in [-0.3, -0.25) is 9.97 Å². The Balaban J connectivity index is 1.59. The molecule has 1 aliphatic heterocycles. The minimum Gasteiger partial charge on any atom is -0.350 e. The van der Waals surface area contributed by atoms with Gasteiger partial charge < -0.3 is 4.90 Å². The van der Waals surface area contributed by atoms with E-state index >= 15 is 0 Å². The maximum atomic E-state index is 14.1. The molecule has 0 radical (unpaired) electrons. The smallest absolute Gasteiger partial charge is 0.350 e. The lowest BCUT2D eigenvalue weighted by atomic mass is 9.69. The van der Waals surface area contributed by atoms with Gasteiger partial charge in [-0.15, -0.1) is 11.8 Å². The standard InChI is InChI=1S/C25H24F3N3S/c26-25(27,28)21-16-32-23(20-10-4-7-18-8-5-14-30-22(18)20)31(21)17-24(11-2-1-3-12-24)19-9-6-13-29-15-19/h4-10,13-16,23H,1-3,11-12,17H2. The summed E-state index contributed by atoms with van der Waals surface area (Å²) in [5, 5.41) is 1.75. The lowest BCUT2D eigenvalue weighted by molar-refractivity contribution is -0.113. The van der Waals surface area contributed by atoms with E-state index in [0.29, 0.717) is 6.54 Å². The van der Waals surface area contributed by atoms with Crippen LogP contribution in [0.3, 0.4) is 0 Å². The molecule has 2 aliphatic rings. The zero-order chi connectivity index (χ0) is 22.2. The van der Waals surface area contributed by atoms with Crippen LogP contribution >= 0.6 is 11.8 Å². The van der Waals surface area contributed by atoms with E-state index in [1.165, 1.54) is 17.2 Å². The van der Waals surface area contributed by atoms with E-state index in [9.17, 15) is 13.2 Å². The number of thioether (sulfide) groups is 1. The molecule has 1 atom stereocenters. The van der Waals surface area contributed by atoms with Gasteiger partial charge in [0.25, 0.3) is 0 Å². The van der Waals surface area contributed by atoms with Gasteiger partial charge in [0, 0.05) is 46.9 Å². The molecular weight excluding hydrogens is 431 g/mol. The predicted molar refractivity (Wildman–Crippen MR) is 122 cm³/mol. The third-order valence-corrected chi connectivity index (χ3v) is 7.80. The van der Waals surface area contributed by atoms with E-state index in [-0.39, 0.29) is 5.41 Å². The predicted octanol–water partition coefficient (Wildman–Crippen LogP) is 6.98. The fraction of sp³-hybridized carbons (Fsp3) is 0.360. The lowest BCUT2D eigenvalue weighted by Gasteiger charge is -2.43. The van der Waals surface area contributed by atoms with Gasteiger partial charge in [-0.1, -0.05) is 49.6 Å². The average molecular weight is 456 g/mol. The Bertz CT molecular complexity index is 1120. The highest BCUT2D eigenvalue weighted by Crippen LogP contribution is 2.52. The van der Waals surface area contributed by atoms with Crippen LogP contribution in [0.4, 0.5) is 13.2 Å². The molecule has 0 N–H and O–H groups in total. The number of benzene rings is 1. The van der Waals surface area contributed by atoms with E-state index in [4.69, 9.17) is 0 Å². The van der Waals surface area contributed by atoms with Crippen LogP contribution in [-0.2, 0) is 5.41 Å². The third kappa shape index (κ3) is 3.87. The first-order valence-electron chi connectivity index (χ1n) is 10.9. The van der Waals surface area contributed by atoms with E-state index in [2.05, 4.69) is 9.97 Å². The molecule has 1 aliphatic carbocycles. The number of hydrogen-bond donors (Lipinski definition) is 0. The zero-order valence-electron chi connectivity index (χ0n) is 17.6. The summed E-state index contributed by atoms with van der Waals surface area (Å²) in [7, 11) is 0. The highest BCUT2D eigenvalue weighted by molar-refractivity contribution is 8.02. The highest BCUT2D eigenvalue weighted by atomic mass is 32.2. The quantitative estimate of drug-likeness (QED) is 0.424. The highest BCUT2D eigenvalue weighted by Gasteiger charge is 2.48. The summed E-state index contributed by atoms with van der Waals surface area (Å²) in [6.45, 7) is 0.310. The molecule has 1 unspecified atom stereocenters. The molecule has 7 heteroatoms. The van der Waals surface area contributed by atoms with Crippen molar-refractivity contribution in [3.05, 3.63) is 83.3 Å². The summed E-state index contributed by atoms with van der Waals surface area (Å²) in [4.78, 5) is 10.4. The molecule has 32 heavy (non-hydrogen) atoms. The minimum absolute atomic E-state index is 0.310. The fourth-order valence-electron chi connectivity index (χ4n) is 5.13. The summed E-state index contributed by atoms with van der Waals surface area (Å²) in [6, 6.07) is 13.5. The molecule has 2 aromatic heterocycles. The number of hydrogen-bond acceptors (Lipinski definition) is 4. The Morgan fingerprint density at radius 1 is 1.00 bits per heavy atom. The molecule has 0 bridgehead atoms. The van der Waals surface area contributed by atoms with Gasteiger partial charge in [0.2, 0.25) is 0 Å². The first-order valence-corrected chi connectivity index (χ1v) is 11.9. The van der Waals surface area contributed by atoms with Gasteiger partial charge >= 0.3 is 6.18 Å². The van der Waals surface area contributed by atoms with Crippen molar-refractivity contribution in [2.45, 2.75) is 49.1 Å². The summed E-state index contributed by atoms with van der Waals surface area (Å²) in [5.41, 5.74) is 1.70. The van der Waals surface area contributed by atoms with Crippen LogP contribution in [0.15, 0.2) is 72.2 Å². The summed E-state index contributed by atoms with van der Waals surface area (Å²) >= 11 is 1.22. The van der Waals surface area contributed by atoms with Crippen LogP contribution in [0.25, 0.3) is 10.9 Å². The second-order valence-corrected chi connectivity index (χ2v) is 9.58. The molecule has 166 valence electrons. The molecule has 3 nitrogen and oxygen atoms in total. The summed E-state index contributed by atoms with van der Waals surface area (Å²) in [6.07, 6.45) is 5.73. The number of alkyl halides is 3. The van der Waals surface area contributed by atoms with Gasteiger partial charge in [-0.25, -0.2) is 0 Å². The molecular formula is C25H24F3N3S. The average Bonchev–Trinajstić information content (AvgIpc) is 3.23. The van der Waals surface area contributed by atoms with Crippen molar-refractivity contribution >= 4 is 22.7 Å². The monoisotopic (exact) mass is 455 g/mol. The molecule has 0 spiro atoms. The Morgan fingerprint density at radius 3 is 2.53 bits per heavy atom. The van der Waals surface area contributed by atoms with Crippen LogP contribution in [0.5, 0.6) is 0 Å². The number of para-hydroxylation sites is 1. The first kappa shape index (κ1) is 21.3. The van der Waals surface area contributed by atoms with Crippen LogP contribution in [-0.4, -0.2) is 27.6 Å². The van der Waals surface area contributed by atoms with Crippen LogP contribution < -0.4 is 0 Å². The molecule has 0 saturated heterocycles. The minimum atomic E-state index is -4.41. The normalized spacial score (nSPS) is 21.0. The molecule has 1 fully saturated rings. The maximum Gasteiger partial charge on any atom is 0.431 e. The number of rotatable bonds is 4. The van der Waals surface area contributed by atoms with E-state index in [1.807, 2.05) is 48.7 Å². The molecule has 1 saturated carbocycles. The number of halogens is 3. The van der Waals surface area contributed by atoms with Crippen LogP contribution in [0.2, 0.25) is 0 Å². The topological polar surface area (TPSA) is 29.0 Å². The van der Waals surface area contributed by atoms with Crippen molar-refractivity contribution in [2.24, 2.45) is 0 Å². The number of fused-ring (bicyclic) bond motifs is 1. The molecule has 0 amide bonds. The first-order chi connectivity index (χ1) is 15.5. The summed E-state index contributed by atoms with van der Waals surface area (Å²) < 4.78 is 42.4. The van der Waals surface area contributed by atoms with Crippen LogP contribution in [0.1, 0.15) is 48.6 Å². The van der Waals surface area contributed by atoms with Gasteiger partial charge in [0.15, 0.2) is 0 Å². The SMILES string of the molecule is FC(F)(F)C1=CSC(c2cccc3cccnc23)N1CC1(c2cccnc2)CCCCC1. The van der Waals surface area contributed by atoms with Crippen molar-refractivity contribution in [1.29, 1.82) is 0 Å². The lowest BCUT2D eigenvalue weighted by Crippen LogP contribution is -2.44. The third-order valence-electron chi connectivity index (χ3n) is 6.68. The number of pyridine rings is 2. The van der Waals surface area contributed by atoms with Gasteiger partial charge in [0.1, 0.15) is 11.1 Å². The number of nitrogens with zero attached hydrogens (tertiary/aromatic N) is 3. The van der Waals surface area contributed by atoms with Crippen molar-refractivity contribution in [3.8, 4) is 0 Å². The molecule has 5 rings (SSSR count). The van der Waals surface area contributed by atoms with Crippen molar-refractivity contribution in [1.82, 2.24) is 14.9 Å². The molecule has 3 heterocycles. The Morgan fingerprint density at radius 2 is 1.78 bits per heavy atom. The van der Waals surface area contributed by atoms with Crippen molar-refractivity contribution in [3.63, 3.8) is 0 Å². The summed E-state index contributed by atoms with van der Waals surface area (Å²) in [5.74, 6) is 0. The fourth-order valence-corrected chi connectivity index (χ4v) is 6.33. The van der Waals surface area contributed by atoms with Crippen molar-refractivity contribution < 1.29 is 13.2 Å². The largest absolute Gasteiger partial charge is 0.431 e. The van der Waals surface area contributed by atoms with E-state index in [0.717, 1.165) is 54.1 Å². The van der Waals surface area contributed by atoms with E-state index in [1.54, 1.807) is 17.3 Å². The maximum absolute atomic E-state index is 14.1. The number of aromatic nitrogens is 2. The second-order valence-electron chi connectivity index (χ2n) is 8.62.